The molecule has 4 aromatic rings. The Hall–Kier alpha value is -1.69. The van der Waals surface area contributed by atoms with E-state index in [9.17, 15) is 0 Å². The molecule has 0 amide bonds. The molecule has 0 fully saturated rings. The average molecular weight is 330 g/mol. The SMILES string of the molecule is Clc1nc(Sc2nc3ccccc3s2)c2ccccc2n1. The molecule has 0 spiro atoms. The van der Waals surface area contributed by atoms with Crippen LogP contribution in [0.5, 0.6) is 0 Å². The van der Waals surface area contributed by atoms with Gasteiger partial charge in [-0.2, -0.15) is 0 Å². The highest BCUT2D eigenvalue weighted by Gasteiger charge is 2.11. The van der Waals surface area contributed by atoms with E-state index >= 15 is 0 Å². The summed E-state index contributed by atoms with van der Waals surface area (Å²) in [5.41, 5.74) is 1.86. The zero-order chi connectivity index (χ0) is 14.2. The van der Waals surface area contributed by atoms with Crippen molar-refractivity contribution in [3.63, 3.8) is 0 Å². The molecule has 0 aliphatic heterocycles. The molecule has 0 saturated carbocycles. The van der Waals surface area contributed by atoms with E-state index in [1.165, 1.54) is 16.5 Å². The van der Waals surface area contributed by atoms with Gasteiger partial charge in [-0.05, 0) is 41.6 Å². The molecule has 2 aromatic heterocycles. The third kappa shape index (κ3) is 2.48. The molecule has 3 nitrogen and oxygen atoms in total. The van der Waals surface area contributed by atoms with Gasteiger partial charge in [0.05, 0.1) is 15.7 Å². The van der Waals surface area contributed by atoms with Crippen LogP contribution in [0.1, 0.15) is 0 Å². The largest absolute Gasteiger partial charge is 0.229 e. The van der Waals surface area contributed by atoms with Gasteiger partial charge in [0.25, 0.3) is 0 Å². The number of thiazole rings is 1. The Bertz CT molecular complexity index is 919. The maximum Gasteiger partial charge on any atom is 0.224 e. The molecule has 0 bridgehead atoms. The Labute approximate surface area is 134 Å². The highest BCUT2D eigenvalue weighted by molar-refractivity contribution is 8.01. The Balaban J connectivity index is 1.83. The molecule has 6 heteroatoms. The monoisotopic (exact) mass is 329 g/mol. The van der Waals surface area contributed by atoms with Crippen LogP contribution in [-0.2, 0) is 0 Å². The highest BCUT2D eigenvalue weighted by atomic mass is 35.5. The number of halogens is 1. The first kappa shape index (κ1) is 13.0. The van der Waals surface area contributed by atoms with Crippen molar-refractivity contribution >= 4 is 55.8 Å². The van der Waals surface area contributed by atoms with Gasteiger partial charge in [-0.25, -0.2) is 15.0 Å². The van der Waals surface area contributed by atoms with E-state index in [-0.39, 0.29) is 5.28 Å². The minimum atomic E-state index is 0.261. The summed E-state index contributed by atoms with van der Waals surface area (Å²) in [7, 11) is 0. The third-order valence-corrected chi connectivity index (χ3v) is 5.27. The standard InChI is InChI=1S/C15H8ClN3S2/c16-14-17-10-6-2-1-5-9(10)13(19-14)21-15-18-11-7-3-4-8-12(11)20-15/h1-8H. The van der Waals surface area contributed by atoms with Crippen LogP contribution in [0, 0.1) is 0 Å². The van der Waals surface area contributed by atoms with Crippen LogP contribution >= 0.6 is 34.7 Å². The summed E-state index contributed by atoms with van der Waals surface area (Å²) in [6, 6.07) is 16.0. The zero-order valence-corrected chi connectivity index (χ0v) is 13.0. The molecule has 0 unspecified atom stereocenters. The van der Waals surface area contributed by atoms with Crippen molar-refractivity contribution < 1.29 is 0 Å². The van der Waals surface area contributed by atoms with Gasteiger partial charge in [-0.15, -0.1) is 11.3 Å². The molecular weight excluding hydrogens is 322 g/mol. The summed E-state index contributed by atoms with van der Waals surface area (Å²) in [5, 5.41) is 2.09. The van der Waals surface area contributed by atoms with Crippen LogP contribution in [0.2, 0.25) is 5.28 Å². The molecule has 2 aromatic carbocycles. The van der Waals surface area contributed by atoms with Crippen LogP contribution in [0.15, 0.2) is 57.9 Å². The lowest BCUT2D eigenvalue weighted by Crippen LogP contribution is -1.88. The molecule has 2 heterocycles. The fraction of sp³-hybridized carbons (Fsp3) is 0. The van der Waals surface area contributed by atoms with Gasteiger partial charge in [0.2, 0.25) is 5.28 Å². The number of aromatic nitrogens is 3. The predicted octanol–water partition coefficient (Wildman–Crippen LogP) is 5.04. The van der Waals surface area contributed by atoms with Crippen LogP contribution in [0.4, 0.5) is 0 Å². The van der Waals surface area contributed by atoms with Gasteiger partial charge in [-0.1, -0.05) is 30.3 Å². The van der Waals surface area contributed by atoms with E-state index in [1.54, 1.807) is 11.3 Å². The second-order valence-corrected chi connectivity index (χ2v) is 6.97. The Morgan fingerprint density at radius 2 is 1.62 bits per heavy atom. The second kappa shape index (κ2) is 5.26. The first-order valence-electron chi connectivity index (χ1n) is 6.25. The molecule has 0 aliphatic carbocycles. The first-order chi connectivity index (χ1) is 10.3. The third-order valence-electron chi connectivity index (χ3n) is 3.00. The van der Waals surface area contributed by atoms with Crippen molar-refractivity contribution in [3.8, 4) is 0 Å². The van der Waals surface area contributed by atoms with Gasteiger partial charge >= 0.3 is 0 Å². The first-order valence-corrected chi connectivity index (χ1v) is 8.26. The average Bonchev–Trinajstić information content (AvgIpc) is 2.89. The molecule has 0 aliphatic rings. The van der Waals surface area contributed by atoms with Crippen LogP contribution in [0.25, 0.3) is 21.1 Å². The van der Waals surface area contributed by atoms with Gasteiger partial charge in [0.15, 0.2) is 4.34 Å². The fourth-order valence-electron chi connectivity index (χ4n) is 2.08. The van der Waals surface area contributed by atoms with Crippen molar-refractivity contribution in [3.05, 3.63) is 53.8 Å². The number of hydrogen-bond acceptors (Lipinski definition) is 5. The lowest BCUT2D eigenvalue weighted by atomic mass is 10.2. The smallest absolute Gasteiger partial charge is 0.224 e. The minimum absolute atomic E-state index is 0.261. The van der Waals surface area contributed by atoms with Gasteiger partial charge < -0.3 is 0 Å². The molecule has 21 heavy (non-hydrogen) atoms. The minimum Gasteiger partial charge on any atom is -0.229 e. The Morgan fingerprint density at radius 1 is 0.857 bits per heavy atom. The van der Waals surface area contributed by atoms with Crippen LogP contribution < -0.4 is 0 Å². The van der Waals surface area contributed by atoms with Gasteiger partial charge in [-0.3, -0.25) is 0 Å². The van der Waals surface area contributed by atoms with E-state index < -0.39 is 0 Å². The van der Waals surface area contributed by atoms with Crippen molar-refractivity contribution in [2.45, 2.75) is 9.37 Å². The lowest BCUT2D eigenvalue weighted by Gasteiger charge is -2.03. The number of benzene rings is 2. The van der Waals surface area contributed by atoms with Crippen molar-refractivity contribution in [2.75, 3.05) is 0 Å². The number of hydrogen-bond donors (Lipinski definition) is 0. The molecular formula is C15H8ClN3S2. The molecule has 0 atom stereocenters. The van der Waals surface area contributed by atoms with Crippen LogP contribution in [-0.4, -0.2) is 15.0 Å². The molecule has 0 N–H and O–H groups in total. The summed E-state index contributed by atoms with van der Waals surface area (Å²) < 4.78 is 2.13. The van der Waals surface area contributed by atoms with E-state index in [4.69, 9.17) is 11.6 Å². The number of fused-ring (bicyclic) bond motifs is 2. The van der Waals surface area contributed by atoms with E-state index in [0.29, 0.717) is 0 Å². The summed E-state index contributed by atoms with van der Waals surface area (Å²) in [6.45, 7) is 0. The maximum absolute atomic E-state index is 6.02. The maximum atomic E-state index is 6.02. The van der Waals surface area contributed by atoms with Gasteiger partial charge in [0, 0.05) is 5.39 Å². The highest BCUT2D eigenvalue weighted by Crippen LogP contribution is 2.36. The topological polar surface area (TPSA) is 38.7 Å². The Morgan fingerprint density at radius 3 is 2.48 bits per heavy atom. The van der Waals surface area contributed by atoms with E-state index in [2.05, 4.69) is 21.0 Å². The van der Waals surface area contributed by atoms with Crippen molar-refractivity contribution in [1.29, 1.82) is 0 Å². The van der Waals surface area contributed by atoms with Crippen molar-refractivity contribution in [1.82, 2.24) is 15.0 Å². The van der Waals surface area contributed by atoms with Crippen LogP contribution in [0.3, 0.4) is 0 Å². The van der Waals surface area contributed by atoms with E-state index in [0.717, 1.165) is 25.8 Å². The fourth-order valence-corrected chi connectivity index (χ4v) is 4.40. The molecule has 0 radical (unpaired) electrons. The molecule has 102 valence electrons. The molecule has 0 saturated heterocycles. The number of nitrogens with zero attached hydrogens (tertiary/aromatic N) is 3. The second-order valence-electron chi connectivity index (χ2n) is 4.36. The normalized spacial score (nSPS) is 11.3. The summed E-state index contributed by atoms with van der Waals surface area (Å²) >= 11 is 9.20. The molecule has 4 rings (SSSR count). The Kier molecular flexibility index (Phi) is 3.25. The van der Waals surface area contributed by atoms with E-state index in [1.807, 2.05) is 42.5 Å². The number of para-hydroxylation sites is 2. The summed E-state index contributed by atoms with van der Waals surface area (Å²) in [5.74, 6) is 0. The predicted molar refractivity (Wildman–Crippen MR) is 88.3 cm³/mol. The lowest BCUT2D eigenvalue weighted by molar-refractivity contribution is 1.10. The van der Waals surface area contributed by atoms with Crippen molar-refractivity contribution in [2.24, 2.45) is 0 Å². The quantitative estimate of drug-likeness (QED) is 0.381. The summed E-state index contributed by atoms with van der Waals surface area (Å²) in [6.07, 6.45) is 0. The zero-order valence-electron chi connectivity index (χ0n) is 10.7. The number of rotatable bonds is 2. The summed E-state index contributed by atoms with van der Waals surface area (Å²) in [4.78, 5) is 13.2. The van der Waals surface area contributed by atoms with Gasteiger partial charge in [0.1, 0.15) is 5.03 Å².